The number of carbonyl (C=O) groups is 3. The summed E-state index contributed by atoms with van der Waals surface area (Å²) in [6.07, 6.45) is 15.7. The number of esters is 3. The first-order valence-electron chi connectivity index (χ1n) is 14.4. The highest BCUT2D eigenvalue weighted by molar-refractivity contribution is 8.00. The van der Waals surface area contributed by atoms with Gasteiger partial charge < -0.3 is 14.2 Å². The molecule has 6 nitrogen and oxygen atoms in total. The lowest BCUT2D eigenvalue weighted by Gasteiger charge is -2.31. The van der Waals surface area contributed by atoms with Gasteiger partial charge in [-0.05, 0) is 51.2 Å². The third kappa shape index (κ3) is 12.5. The summed E-state index contributed by atoms with van der Waals surface area (Å²) in [6, 6.07) is 10.2. The first-order chi connectivity index (χ1) is 18.8. The van der Waals surface area contributed by atoms with Gasteiger partial charge in [0, 0.05) is 48.7 Å². The van der Waals surface area contributed by atoms with Crippen LogP contribution in [0.5, 0.6) is 0 Å². The van der Waals surface area contributed by atoms with Gasteiger partial charge in [-0.25, -0.2) is 0 Å². The van der Waals surface area contributed by atoms with Crippen LogP contribution in [-0.4, -0.2) is 42.0 Å². The molecule has 1 aromatic carbocycles. The van der Waals surface area contributed by atoms with Gasteiger partial charge in [0.2, 0.25) is 0 Å². The van der Waals surface area contributed by atoms with Crippen molar-refractivity contribution in [1.29, 1.82) is 0 Å². The lowest BCUT2D eigenvalue weighted by Crippen LogP contribution is -2.33. The van der Waals surface area contributed by atoms with Gasteiger partial charge in [-0.3, -0.25) is 14.4 Å². The van der Waals surface area contributed by atoms with Gasteiger partial charge in [0.1, 0.15) is 12.2 Å². The molecule has 0 N–H and O–H groups in total. The second-order valence-corrected chi connectivity index (χ2v) is 11.2. The minimum absolute atomic E-state index is 0.0154. The molecule has 0 bridgehead atoms. The fourth-order valence-electron chi connectivity index (χ4n) is 5.24. The van der Waals surface area contributed by atoms with Crippen molar-refractivity contribution in [3.63, 3.8) is 0 Å². The van der Waals surface area contributed by atoms with Crippen LogP contribution in [0.1, 0.15) is 85.5 Å². The molecule has 5 atom stereocenters. The molecule has 1 fully saturated rings. The van der Waals surface area contributed by atoms with Crippen LogP contribution in [0.3, 0.4) is 0 Å². The van der Waals surface area contributed by atoms with Crippen LogP contribution in [0.15, 0.2) is 59.5 Å². The van der Waals surface area contributed by atoms with E-state index in [1.54, 1.807) is 18.7 Å². The van der Waals surface area contributed by atoms with Crippen molar-refractivity contribution >= 4 is 29.7 Å². The van der Waals surface area contributed by atoms with Crippen LogP contribution in [0.4, 0.5) is 0 Å². The molecule has 7 heteroatoms. The zero-order valence-electron chi connectivity index (χ0n) is 24.0. The summed E-state index contributed by atoms with van der Waals surface area (Å²) in [5, 5.41) is -0.0154. The number of hydrogen-bond donors (Lipinski definition) is 0. The van der Waals surface area contributed by atoms with E-state index in [-0.39, 0.29) is 41.1 Å². The number of unbranched alkanes of at least 4 members (excludes halogenated alkanes) is 3. The van der Waals surface area contributed by atoms with Crippen molar-refractivity contribution in [2.24, 2.45) is 11.8 Å². The van der Waals surface area contributed by atoms with Gasteiger partial charge in [0.05, 0.1) is 6.61 Å². The monoisotopic (exact) mass is 558 g/mol. The van der Waals surface area contributed by atoms with E-state index >= 15 is 0 Å². The largest absolute Gasteiger partial charge is 0.466 e. The predicted octanol–water partition coefficient (Wildman–Crippen LogP) is 7.46. The van der Waals surface area contributed by atoms with Crippen molar-refractivity contribution in [3.8, 4) is 0 Å². The second kappa shape index (κ2) is 18.7. The number of thioether (sulfide) groups is 1. The summed E-state index contributed by atoms with van der Waals surface area (Å²) in [4.78, 5) is 37.3. The number of hydrogen-bond acceptors (Lipinski definition) is 7. The molecule has 216 valence electrons. The van der Waals surface area contributed by atoms with Crippen LogP contribution >= 0.6 is 11.8 Å². The second-order valence-electron chi connectivity index (χ2n) is 10.00. The molecule has 1 aliphatic carbocycles. The number of benzene rings is 1. The summed E-state index contributed by atoms with van der Waals surface area (Å²) in [7, 11) is 0. The number of carbonyl (C=O) groups excluding carboxylic acids is 3. The van der Waals surface area contributed by atoms with E-state index in [4.69, 9.17) is 14.2 Å². The first kappa shape index (κ1) is 32.7. The molecule has 1 aliphatic rings. The molecule has 0 aliphatic heterocycles. The van der Waals surface area contributed by atoms with E-state index in [1.165, 1.54) is 33.1 Å². The summed E-state index contributed by atoms with van der Waals surface area (Å²) in [5.74, 6) is -1.08. The molecular formula is C32H46O6S. The van der Waals surface area contributed by atoms with Crippen LogP contribution in [-0.2, 0) is 28.6 Å². The molecule has 0 aromatic heterocycles. The Bertz CT molecular complexity index is 928. The van der Waals surface area contributed by atoms with Crippen molar-refractivity contribution in [3.05, 3.63) is 54.6 Å². The van der Waals surface area contributed by atoms with Gasteiger partial charge in [-0.1, -0.05) is 62.3 Å². The van der Waals surface area contributed by atoms with E-state index in [9.17, 15) is 14.4 Å². The Hall–Kier alpha value is -2.54. The van der Waals surface area contributed by atoms with Crippen LogP contribution in [0, 0.1) is 11.8 Å². The summed E-state index contributed by atoms with van der Waals surface area (Å²) in [5.41, 5.74) is 0. The van der Waals surface area contributed by atoms with E-state index in [2.05, 4.69) is 43.4 Å². The lowest BCUT2D eigenvalue weighted by molar-refractivity contribution is -0.150. The molecule has 0 saturated heterocycles. The zero-order valence-corrected chi connectivity index (χ0v) is 24.8. The summed E-state index contributed by atoms with van der Waals surface area (Å²) < 4.78 is 16.7. The maximum Gasteiger partial charge on any atom is 0.305 e. The van der Waals surface area contributed by atoms with Crippen LogP contribution in [0.25, 0.3) is 0 Å². The Morgan fingerprint density at radius 3 is 2.33 bits per heavy atom. The summed E-state index contributed by atoms with van der Waals surface area (Å²) in [6.45, 7) is 7.18. The Labute approximate surface area is 238 Å². The molecule has 0 heterocycles. The highest BCUT2D eigenvalue weighted by atomic mass is 32.2. The fourth-order valence-corrected chi connectivity index (χ4v) is 6.59. The molecule has 2 rings (SSSR count). The molecule has 0 amide bonds. The van der Waals surface area contributed by atoms with Gasteiger partial charge >= 0.3 is 17.9 Å². The highest BCUT2D eigenvalue weighted by Crippen LogP contribution is 2.46. The Morgan fingerprint density at radius 1 is 0.949 bits per heavy atom. The smallest absolute Gasteiger partial charge is 0.305 e. The van der Waals surface area contributed by atoms with Crippen LogP contribution < -0.4 is 0 Å². The maximum absolute atomic E-state index is 12.1. The molecular weight excluding hydrogens is 512 g/mol. The Kier molecular flexibility index (Phi) is 15.7. The fraction of sp³-hybridized carbons (Fsp3) is 0.594. The molecule has 0 radical (unpaired) electrons. The molecule has 1 saturated carbocycles. The molecule has 39 heavy (non-hydrogen) atoms. The number of rotatable bonds is 17. The lowest BCUT2D eigenvalue weighted by atomic mass is 9.86. The molecule has 0 unspecified atom stereocenters. The van der Waals surface area contributed by atoms with E-state index in [0.717, 1.165) is 17.7 Å². The Balaban J connectivity index is 2.32. The zero-order chi connectivity index (χ0) is 28.5. The van der Waals surface area contributed by atoms with Crippen LogP contribution in [0.2, 0.25) is 0 Å². The van der Waals surface area contributed by atoms with E-state index in [0.29, 0.717) is 32.3 Å². The SMILES string of the molecule is CCCCC/C=C\C/C=C\[C@@H](Sc1ccccc1)[C@H]1[C@@H](CCCC(=O)OCC)[C@H](OC(C)=O)C[C@@H]1OC(C)=O. The topological polar surface area (TPSA) is 78.9 Å². The van der Waals surface area contributed by atoms with Gasteiger partial charge in [-0.2, -0.15) is 0 Å². The number of ether oxygens (including phenoxy) is 3. The standard InChI is InChI=1S/C32H46O6S/c1-5-7-8-9-10-11-12-16-21-30(39-26-18-14-13-15-19-26)32-27(20-17-22-31(35)36-6-2)28(37-24(3)33)23-29(32)38-25(4)34/h10-11,13-16,18-19,21,27-30,32H,5-9,12,17,20,22-23H2,1-4H3/b11-10-,21-16-/t27-,28+,29-,30+,32-/m0/s1. The Morgan fingerprint density at radius 2 is 1.67 bits per heavy atom. The average Bonchev–Trinajstić information content (AvgIpc) is 3.20. The average molecular weight is 559 g/mol. The van der Waals surface area contributed by atoms with Crippen molar-refractivity contribution in [2.75, 3.05) is 6.61 Å². The van der Waals surface area contributed by atoms with Crippen molar-refractivity contribution in [2.45, 2.75) is 108 Å². The van der Waals surface area contributed by atoms with Gasteiger partial charge in [-0.15, -0.1) is 11.8 Å². The third-order valence-electron chi connectivity index (χ3n) is 6.86. The predicted molar refractivity (Wildman–Crippen MR) is 156 cm³/mol. The minimum Gasteiger partial charge on any atom is -0.466 e. The quantitative estimate of drug-likeness (QED) is 0.0645. The third-order valence-corrected chi connectivity index (χ3v) is 8.15. The van der Waals surface area contributed by atoms with Gasteiger partial charge in [0.25, 0.3) is 0 Å². The summed E-state index contributed by atoms with van der Waals surface area (Å²) >= 11 is 1.73. The van der Waals surface area contributed by atoms with Crippen molar-refractivity contribution in [1.82, 2.24) is 0 Å². The first-order valence-corrected chi connectivity index (χ1v) is 15.3. The maximum atomic E-state index is 12.1. The highest BCUT2D eigenvalue weighted by Gasteiger charge is 2.49. The van der Waals surface area contributed by atoms with Crippen molar-refractivity contribution < 1.29 is 28.6 Å². The van der Waals surface area contributed by atoms with E-state index in [1.807, 2.05) is 18.2 Å². The minimum atomic E-state index is -0.394. The van der Waals surface area contributed by atoms with Gasteiger partial charge in [0.15, 0.2) is 0 Å². The molecule has 1 aromatic rings. The number of allylic oxidation sites excluding steroid dienone is 3. The normalized spacial score (nSPS) is 21.7. The van der Waals surface area contributed by atoms with E-state index < -0.39 is 6.10 Å². The molecule has 0 spiro atoms.